The van der Waals surface area contributed by atoms with Gasteiger partial charge in [-0.05, 0) is 72.3 Å². The third kappa shape index (κ3) is 6.74. The summed E-state index contributed by atoms with van der Waals surface area (Å²) >= 11 is 0. The average Bonchev–Trinajstić information content (AvgIpc) is 3.10. The maximum Gasteiger partial charge on any atom is 0.430 e. The molecule has 0 saturated carbocycles. The molecule has 0 radical (unpaired) electrons. The van der Waals surface area contributed by atoms with Crippen molar-refractivity contribution in [2.24, 2.45) is 11.8 Å². The zero-order valence-electron chi connectivity index (χ0n) is 21.5. The zero-order chi connectivity index (χ0) is 26.0. The largest absolute Gasteiger partial charge is 0.442 e. The quantitative estimate of drug-likeness (QED) is 0.649. The minimum Gasteiger partial charge on any atom is -0.442 e. The standard InChI is InChI=1S/C26H37N3O6/c1-25(2,3)34-23(32)28-14-10-13-19(29(28)24(33)35-26(4,5)6)21(30)20-18(16-27-22(20)31)15-17-11-8-7-9-12-17/h7-9,11-12,18-20H,10,13-16H2,1-6H3,(H,27,31)/t18?,19-,20-/m0/s1. The van der Waals surface area contributed by atoms with Gasteiger partial charge in [0, 0.05) is 13.1 Å². The van der Waals surface area contributed by atoms with Crippen molar-refractivity contribution in [3.05, 3.63) is 35.9 Å². The van der Waals surface area contributed by atoms with Crippen molar-refractivity contribution in [1.82, 2.24) is 15.3 Å². The Morgan fingerprint density at radius 1 is 0.971 bits per heavy atom. The lowest BCUT2D eigenvalue weighted by Crippen LogP contribution is -2.62. The van der Waals surface area contributed by atoms with Gasteiger partial charge in [0.2, 0.25) is 5.91 Å². The summed E-state index contributed by atoms with van der Waals surface area (Å²) in [5.41, 5.74) is -0.614. The fourth-order valence-corrected chi connectivity index (χ4v) is 4.47. The number of Topliss-reactive ketones (excluding diaryl/α,β-unsaturated/α-hetero) is 1. The Morgan fingerprint density at radius 3 is 2.17 bits per heavy atom. The molecule has 2 aliphatic heterocycles. The van der Waals surface area contributed by atoms with E-state index in [9.17, 15) is 19.2 Å². The SMILES string of the molecule is CC(C)(C)OC(=O)N1CCC[C@@H](C(=O)[C@H]2C(=O)NCC2Cc2ccccc2)N1C(=O)OC(C)(C)C. The highest BCUT2D eigenvalue weighted by Gasteiger charge is 2.49. The molecular formula is C26H37N3O6. The number of carbonyl (C=O) groups is 4. The monoisotopic (exact) mass is 487 g/mol. The number of hydrogen-bond donors (Lipinski definition) is 1. The lowest BCUT2D eigenvalue weighted by molar-refractivity contribution is -0.146. The molecule has 2 fully saturated rings. The van der Waals surface area contributed by atoms with Gasteiger partial charge in [0.25, 0.3) is 0 Å². The summed E-state index contributed by atoms with van der Waals surface area (Å²) < 4.78 is 11.1. The summed E-state index contributed by atoms with van der Waals surface area (Å²) in [6, 6.07) is 8.65. The van der Waals surface area contributed by atoms with E-state index in [1.54, 1.807) is 41.5 Å². The van der Waals surface area contributed by atoms with Crippen LogP contribution in [-0.2, 0) is 25.5 Å². The molecule has 0 aliphatic carbocycles. The summed E-state index contributed by atoms with van der Waals surface area (Å²) in [6.07, 6.45) is -0.214. The van der Waals surface area contributed by atoms with Crippen LogP contribution in [0.25, 0.3) is 0 Å². The Hall–Kier alpha value is -3.10. The van der Waals surface area contributed by atoms with Crippen LogP contribution in [0.1, 0.15) is 59.9 Å². The maximum absolute atomic E-state index is 13.9. The smallest absolute Gasteiger partial charge is 0.430 e. The van der Waals surface area contributed by atoms with E-state index in [1.165, 1.54) is 0 Å². The Kier molecular flexibility index (Phi) is 7.77. The molecule has 35 heavy (non-hydrogen) atoms. The van der Waals surface area contributed by atoms with Crippen LogP contribution in [0.15, 0.2) is 30.3 Å². The van der Waals surface area contributed by atoms with E-state index in [-0.39, 0.29) is 24.2 Å². The Labute approximate surface area is 207 Å². The fourth-order valence-electron chi connectivity index (χ4n) is 4.47. The number of amides is 3. The molecule has 1 aromatic rings. The minimum absolute atomic E-state index is 0.197. The molecule has 3 amide bonds. The first-order valence-electron chi connectivity index (χ1n) is 12.1. The summed E-state index contributed by atoms with van der Waals surface area (Å²) in [7, 11) is 0. The summed E-state index contributed by atoms with van der Waals surface area (Å²) in [5, 5.41) is 5.02. The topological polar surface area (TPSA) is 105 Å². The van der Waals surface area contributed by atoms with Gasteiger partial charge in [-0.25, -0.2) is 19.6 Å². The molecule has 1 N–H and O–H groups in total. The summed E-state index contributed by atoms with van der Waals surface area (Å²) in [4.78, 5) is 52.9. The van der Waals surface area contributed by atoms with Crippen molar-refractivity contribution >= 4 is 23.9 Å². The summed E-state index contributed by atoms with van der Waals surface area (Å²) in [6.45, 7) is 10.9. The van der Waals surface area contributed by atoms with Gasteiger partial charge in [-0.2, -0.15) is 0 Å². The van der Waals surface area contributed by atoms with Crippen LogP contribution in [0.2, 0.25) is 0 Å². The van der Waals surface area contributed by atoms with E-state index >= 15 is 0 Å². The van der Waals surface area contributed by atoms with E-state index in [1.807, 2.05) is 30.3 Å². The first-order chi connectivity index (χ1) is 16.3. The third-order valence-electron chi connectivity index (χ3n) is 5.86. The van der Waals surface area contributed by atoms with E-state index in [0.29, 0.717) is 25.8 Å². The van der Waals surface area contributed by atoms with Crippen molar-refractivity contribution < 1.29 is 28.7 Å². The normalized spacial score (nSPS) is 23.0. The molecule has 9 nitrogen and oxygen atoms in total. The average molecular weight is 488 g/mol. The van der Waals surface area contributed by atoms with Crippen molar-refractivity contribution in [3.8, 4) is 0 Å². The van der Waals surface area contributed by atoms with Crippen LogP contribution in [0.3, 0.4) is 0 Å². The highest BCUT2D eigenvalue weighted by atomic mass is 16.6. The first-order valence-corrected chi connectivity index (χ1v) is 12.1. The predicted molar refractivity (Wildman–Crippen MR) is 129 cm³/mol. The van der Waals surface area contributed by atoms with Crippen molar-refractivity contribution in [3.63, 3.8) is 0 Å². The number of nitrogens with one attached hydrogen (secondary N) is 1. The van der Waals surface area contributed by atoms with Crippen molar-refractivity contribution in [1.29, 1.82) is 0 Å². The van der Waals surface area contributed by atoms with Gasteiger partial charge >= 0.3 is 12.2 Å². The number of ether oxygens (including phenoxy) is 2. The number of ketones is 1. The number of rotatable bonds is 4. The summed E-state index contributed by atoms with van der Waals surface area (Å²) in [5.74, 6) is -1.92. The zero-order valence-corrected chi connectivity index (χ0v) is 21.5. The Morgan fingerprint density at radius 2 is 1.57 bits per heavy atom. The van der Waals surface area contributed by atoms with Crippen LogP contribution in [-0.4, -0.2) is 64.2 Å². The van der Waals surface area contributed by atoms with Crippen LogP contribution in [0.5, 0.6) is 0 Å². The molecule has 0 spiro atoms. The number of hydrogen-bond acceptors (Lipinski definition) is 6. The minimum atomic E-state index is -1.02. The first kappa shape index (κ1) is 26.5. The second-order valence-corrected chi connectivity index (χ2v) is 11.2. The molecular weight excluding hydrogens is 450 g/mol. The molecule has 2 aliphatic rings. The number of benzene rings is 1. The van der Waals surface area contributed by atoms with E-state index in [2.05, 4.69) is 5.32 Å². The van der Waals surface area contributed by atoms with E-state index in [4.69, 9.17) is 9.47 Å². The predicted octanol–water partition coefficient (Wildman–Crippen LogP) is 3.71. The van der Waals surface area contributed by atoms with E-state index in [0.717, 1.165) is 15.6 Å². The Bertz CT molecular complexity index is 950. The fraction of sp³-hybridized carbons (Fsp3) is 0.615. The maximum atomic E-state index is 13.9. The molecule has 2 heterocycles. The van der Waals surface area contributed by atoms with Gasteiger partial charge < -0.3 is 14.8 Å². The highest BCUT2D eigenvalue weighted by molar-refractivity contribution is 6.06. The van der Waals surface area contributed by atoms with Gasteiger partial charge in [-0.3, -0.25) is 9.59 Å². The highest BCUT2D eigenvalue weighted by Crippen LogP contribution is 2.31. The van der Waals surface area contributed by atoms with Crippen molar-refractivity contribution in [2.45, 2.75) is 78.0 Å². The van der Waals surface area contributed by atoms with Crippen LogP contribution >= 0.6 is 0 Å². The molecule has 192 valence electrons. The molecule has 9 heteroatoms. The lowest BCUT2D eigenvalue weighted by atomic mass is 9.82. The van der Waals surface area contributed by atoms with Crippen LogP contribution in [0.4, 0.5) is 9.59 Å². The van der Waals surface area contributed by atoms with Gasteiger partial charge in [0.05, 0.1) is 0 Å². The van der Waals surface area contributed by atoms with Gasteiger partial charge in [-0.15, -0.1) is 0 Å². The molecule has 3 atom stereocenters. The number of nitrogens with zero attached hydrogens (tertiary/aromatic N) is 2. The number of carbonyl (C=O) groups excluding carboxylic acids is 4. The van der Waals surface area contributed by atoms with Gasteiger partial charge in [-0.1, -0.05) is 30.3 Å². The molecule has 0 aromatic heterocycles. The lowest BCUT2D eigenvalue weighted by Gasteiger charge is -2.44. The second-order valence-electron chi connectivity index (χ2n) is 11.2. The van der Waals surface area contributed by atoms with Crippen molar-refractivity contribution in [2.75, 3.05) is 13.1 Å². The van der Waals surface area contributed by atoms with Gasteiger partial charge in [0.15, 0.2) is 5.78 Å². The Balaban J connectivity index is 1.90. The number of hydrazine groups is 1. The van der Waals surface area contributed by atoms with Gasteiger partial charge in [0.1, 0.15) is 23.2 Å². The van der Waals surface area contributed by atoms with E-state index < -0.39 is 35.3 Å². The molecule has 2 saturated heterocycles. The molecule has 1 unspecified atom stereocenters. The van der Waals surface area contributed by atoms with Crippen LogP contribution < -0.4 is 5.32 Å². The van der Waals surface area contributed by atoms with Crippen LogP contribution in [0, 0.1) is 11.8 Å². The molecule has 3 rings (SSSR count). The third-order valence-corrected chi connectivity index (χ3v) is 5.86. The molecule has 0 bridgehead atoms. The second kappa shape index (κ2) is 10.3. The molecule has 1 aromatic carbocycles.